The van der Waals surface area contributed by atoms with Crippen LogP contribution in [0.2, 0.25) is 0 Å². The van der Waals surface area contributed by atoms with Crippen LogP contribution < -0.4 is 0 Å². The monoisotopic (exact) mass is 367 g/mol. The molecule has 1 aliphatic heterocycles. The molecular formula is C19H21N5OS. The van der Waals surface area contributed by atoms with Gasteiger partial charge in [-0.15, -0.1) is 11.3 Å². The molecule has 1 fully saturated rings. The van der Waals surface area contributed by atoms with Crippen LogP contribution in [0.4, 0.5) is 0 Å². The van der Waals surface area contributed by atoms with Crippen LogP contribution >= 0.6 is 11.3 Å². The molecule has 0 saturated carbocycles. The zero-order chi connectivity index (χ0) is 17.9. The molecule has 26 heavy (non-hydrogen) atoms. The summed E-state index contributed by atoms with van der Waals surface area (Å²) in [7, 11) is 0. The van der Waals surface area contributed by atoms with Crippen LogP contribution in [-0.4, -0.2) is 37.3 Å². The Hall–Kier alpha value is -2.54. The third-order valence-electron chi connectivity index (χ3n) is 4.64. The minimum atomic E-state index is -0.0650. The molecule has 0 aliphatic carbocycles. The Morgan fingerprint density at radius 3 is 3.08 bits per heavy atom. The topological polar surface area (TPSA) is 74.8 Å². The maximum atomic E-state index is 12.9. The molecule has 1 saturated heterocycles. The number of aromatic amines is 1. The standard InChI is InChI=1S/C19H21N5OS/c1-13-11-15(18-20-7-8-21-18)23-19(22-13)16-6-2-3-9-24(16)17(25)12-14-5-4-10-26-14/h4-5,7-8,10-11,16H,2-3,6,9,12H2,1H3,(H,20,21). The number of carbonyl (C=O) groups excluding carboxylic acids is 1. The second-order valence-electron chi connectivity index (χ2n) is 6.55. The Kier molecular flexibility index (Phi) is 4.79. The molecule has 7 heteroatoms. The van der Waals surface area contributed by atoms with Gasteiger partial charge in [-0.3, -0.25) is 4.79 Å². The number of likely N-dealkylation sites (tertiary alicyclic amines) is 1. The van der Waals surface area contributed by atoms with Crippen LogP contribution in [0.3, 0.4) is 0 Å². The van der Waals surface area contributed by atoms with Gasteiger partial charge in [0.15, 0.2) is 11.6 Å². The fraction of sp³-hybridized carbons (Fsp3) is 0.368. The van der Waals surface area contributed by atoms with Gasteiger partial charge in [-0.2, -0.15) is 0 Å². The molecule has 4 heterocycles. The molecule has 1 unspecified atom stereocenters. The fourth-order valence-corrected chi connectivity index (χ4v) is 4.13. The predicted molar refractivity (Wildman–Crippen MR) is 101 cm³/mol. The van der Waals surface area contributed by atoms with Crippen molar-refractivity contribution >= 4 is 17.2 Å². The number of aromatic nitrogens is 4. The minimum Gasteiger partial charge on any atom is -0.343 e. The lowest BCUT2D eigenvalue weighted by Gasteiger charge is -2.35. The Labute approximate surface area is 156 Å². The third kappa shape index (κ3) is 3.53. The lowest BCUT2D eigenvalue weighted by atomic mass is 10.0. The molecule has 1 amide bonds. The highest BCUT2D eigenvalue weighted by Crippen LogP contribution is 2.31. The first-order chi connectivity index (χ1) is 12.7. The second kappa shape index (κ2) is 7.37. The van der Waals surface area contributed by atoms with E-state index in [0.717, 1.165) is 53.7 Å². The largest absolute Gasteiger partial charge is 0.343 e. The molecule has 0 aromatic carbocycles. The highest BCUT2D eigenvalue weighted by atomic mass is 32.1. The molecule has 0 bridgehead atoms. The minimum absolute atomic E-state index is 0.0650. The van der Waals surface area contributed by atoms with Gasteiger partial charge in [0.25, 0.3) is 0 Å². The summed E-state index contributed by atoms with van der Waals surface area (Å²) < 4.78 is 0. The van der Waals surface area contributed by atoms with E-state index >= 15 is 0 Å². The summed E-state index contributed by atoms with van der Waals surface area (Å²) >= 11 is 1.62. The number of nitrogens with one attached hydrogen (secondary N) is 1. The number of aryl methyl sites for hydroxylation is 1. The van der Waals surface area contributed by atoms with Gasteiger partial charge in [0.05, 0.1) is 12.5 Å². The predicted octanol–water partition coefficient (Wildman–Crippen LogP) is 3.53. The van der Waals surface area contributed by atoms with E-state index in [1.54, 1.807) is 23.7 Å². The van der Waals surface area contributed by atoms with Crippen molar-refractivity contribution in [3.63, 3.8) is 0 Å². The van der Waals surface area contributed by atoms with Crippen molar-refractivity contribution in [3.8, 4) is 11.5 Å². The van der Waals surface area contributed by atoms with E-state index in [1.165, 1.54) is 0 Å². The maximum absolute atomic E-state index is 12.9. The molecule has 0 spiro atoms. The first kappa shape index (κ1) is 16.9. The SMILES string of the molecule is Cc1cc(-c2ncc[nH]2)nc(C2CCCCN2C(=O)Cc2cccs2)n1. The van der Waals surface area contributed by atoms with E-state index < -0.39 is 0 Å². The molecule has 1 atom stereocenters. The third-order valence-corrected chi connectivity index (χ3v) is 5.52. The molecule has 4 rings (SSSR count). The summed E-state index contributed by atoms with van der Waals surface area (Å²) in [5.41, 5.74) is 1.66. The van der Waals surface area contributed by atoms with Gasteiger partial charge >= 0.3 is 0 Å². The Morgan fingerprint density at radius 2 is 2.31 bits per heavy atom. The van der Waals surface area contributed by atoms with Gasteiger partial charge in [-0.25, -0.2) is 15.0 Å². The number of piperidine rings is 1. The highest BCUT2D eigenvalue weighted by Gasteiger charge is 2.30. The molecular weight excluding hydrogens is 346 g/mol. The summed E-state index contributed by atoms with van der Waals surface area (Å²) in [6, 6.07) is 5.85. The highest BCUT2D eigenvalue weighted by molar-refractivity contribution is 7.10. The van der Waals surface area contributed by atoms with Crippen molar-refractivity contribution < 1.29 is 4.79 Å². The quantitative estimate of drug-likeness (QED) is 0.765. The lowest BCUT2D eigenvalue weighted by Crippen LogP contribution is -2.40. The number of nitrogens with zero attached hydrogens (tertiary/aromatic N) is 4. The van der Waals surface area contributed by atoms with Gasteiger partial charge in [0.2, 0.25) is 5.91 Å². The number of carbonyl (C=O) groups is 1. The van der Waals surface area contributed by atoms with Crippen molar-refractivity contribution in [2.75, 3.05) is 6.54 Å². The number of imidazole rings is 1. The Morgan fingerprint density at radius 1 is 1.38 bits per heavy atom. The van der Waals surface area contributed by atoms with Gasteiger partial charge < -0.3 is 9.88 Å². The zero-order valence-electron chi connectivity index (χ0n) is 14.7. The molecule has 134 valence electrons. The number of H-pyrrole nitrogens is 1. The van der Waals surface area contributed by atoms with E-state index in [-0.39, 0.29) is 11.9 Å². The van der Waals surface area contributed by atoms with Crippen LogP contribution in [0.5, 0.6) is 0 Å². The van der Waals surface area contributed by atoms with Crippen LogP contribution in [0.1, 0.15) is 41.7 Å². The van der Waals surface area contributed by atoms with E-state index in [0.29, 0.717) is 6.42 Å². The second-order valence-corrected chi connectivity index (χ2v) is 7.58. The van der Waals surface area contributed by atoms with Crippen LogP contribution in [-0.2, 0) is 11.2 Å². The summed E-state index contributed by atoms with van der Waals surface area (Å²) in [5, 5.41) is 2.01. The summed E-state index contributed by atoms with van der Waals surface area (Å²) in [6.07, 6.45) is 6.96. The maximum Gasteiger partial charge on any atom is 0.228 e. The van der Waals surface area contributed by atoms with Crippen molar-refractivity contribution in [2.24, 2.45) is 0 Å². The first-order valence-electron chi connectivity index (χ1n) is 8.88. The van der Waals surface area contributed by atoms with Crippen LogP contribution in [0.15, 0.2) is 36.0 Å². The molecule has 6 nitrogen and oxygen atoms in total. The number of amides is 1. The average Bonchev–Trinajstić information content (AvgIpc) is 3.35. The van der Waals surface area contributed by atoms with Crippen LogP contribution in [0.25, 0.3) is 11.5 Å². The molecule has 1 aliphatic rings. The molecule has 3 aromatic rings. The van der Waals surface area contributed by atoms with E-state index in [9.17, 15) is 4.79 Å². The normalized spacial score (nSPS) is 17.4. The fourth-order valence-electron chi connectivity index (χ4n) is 3.43. The summed E-state index contributed by atoms with van der Waals surface area (Å²) in [5.74, 6) is 1.60. The van der Waals surface area contributed by atoms with E-state index in [2.05, 4.69) is 15.0 Å². The molecule has 1 N–H and O–H groups in total. The number of rotatable bonds is 4. The number of thiophene rings is 1. The number of hydrogen-bond acceptors (Lipinski definition) is 5. The lowest BCUT2D eigenvalue weighted by molar-refractivity contribution is -0.134. The Balaban J connectivity index is 1.63. The molecule has 0 radical (unpaired) electrons. The van der Waals surface area contributed by atoms with E-state index in [1.807, 2.05) is 35.4 Å². The van der Waals surface area contributed by atoms with Gasteiger partial charge in [0, 0.05) is 29.5 Å². The van der Waals surface area contributed by atoms with Crippen molar-refractivity contribution in [1.29, 1.82) is 0 Å². The number of hydrogen-bond donors (Lipinski definition) is 1. The van der Waals surface area contributed by atoms with Crippen molar-refractivity contribution in [3.05, 3.63) is 52.4 Å². The van der Waals surface area contributed by atoms with E-state index in [4.69, 9.17) is 4.98 Å². The van der Waals surface area contributed by atoms with Gasteiger partial charge in [-0.05, 0) is 43.7 Å². The van der Waals surface area contributed by atoms with Crippen molar-refractivity contribution in [2.45, 2.75) is 38.6 Å². The van der Waals surface area contributed by atoms with Crippen molar-refractivity contribution in [1.82, 2.24) is 24.8 Å². The summed E-state index contributed by atoms with van der Waals surface area (Å²) in [6.45, 7) is 2.72. The smallest absolute Gasteiger partial charge is 0.228 e. The Bertz CT molecular complexity index is 875. The molecule has 3 aromatic heterocycles. The average molecular weight is 367 g/mol. The first-order valence-corrected chi connectivity index (χ1v) is 9.76. The van der Waals surface area contributed by atoms with Crippen LogP contribution in [0, 0.1) is 6.92 Å². The summed E-state index contributed by atoms with van der Waals surface area (Å²) in [4.78, 5) is 32.7. The van der Waals surface area contributed by atoms with Gasteiger partial charge in [0.1, 0.15) is 5.69 Å². The van der Waals surface area contributed by atoms with Gasteiger partial charge in [-0.1, -0.05) is 6.07 Å². The zero-order valence-corrected chi connectivity index (χ0v) is 15.5.